The summed E-state index contributed by atoms with van der Waals surface area (Å²) in [5.41, 5.74) is 2.27. The number of nitrogens with one attached hydrogen (secondary N) is 1. The lowest BCUT2D eigenvalue weighted by Gasteiger charge is -2.27. The Labute approximate surface area is 107 Å². The molecule has 1 aliphatic rings. The van der Waals surface area contributed by atoms with Crippen molar-refractivity contribution in [2.24, 2.45) is 0 Å². The van der Waals surface area contributed by atoms with Gasteiger partial charge in [0.05, 0.1) is 12.5 Å². The lowest BCUT2D eigenvalue weighted by molar-refractivity contribution is 0.233. The minimum atomic E-state index is 0.457. The van der Waals surface area contributed by atoms with Gasteiger partial charge in [0, 0.05) is 37.7 Å². The summed E-state index contributed by atoms with van der Waals surface area (Å²) in [6.07, 6.45) is 0.457. The molecule has 1 aromatic rings. The summed E-state index contributed by atoms with van der Waals surface area (Å²) in [7, 11) is 0. The minimum Gasteiger partial charge on any atom is -0.314 e. The average Bonchev–Trinajstić information content (AvgIpc) is 2.34. The zero-order chi connectivity index (χ0) is 12.1. The zero-order valence-corrected chi connectivity index (χ0v) is 10.5. The van der Waals surface area contributed by atoms with Crippen molar-refractivity contribution >= 4 is 11.6 Å². The number of rotatable bonds is 3. The highest BCUT2D eigenvalue weighted by molar-refractivity contribution is 6.30. The molecule has 2 rings (SSSR count). The quantitative estimate of drug-likeness (QED) is 0.888. The van der Waals surface area contributed by atoms with Crippen LogP contribution in [-0.2, 0) is 13.0 Å². The first-order chi connectivity index (χ1) is 8.29. The van der Waals surface area contributed by atoms with E-state index in [0.717, 1.165) is 43.3 Å². The fraction of sp³-hybridized carbons (Fsp3) is 0.462. The molecular weight excluding hydrogens is 234 g/mol. The summed E-state index contributed by atoms with van der Waals surface area (Å²) in [6, 6.07) is 8.01. The molecule has 3 nitrogen and oxygen atoms in total. The predicted molar refractivity (Wildman–Crippen MR) is 68.9 cm³/mol. The molecule has 0 aromatic heterocycles. The molecule has 1 heterocycles. The van der Waals surface area contributed by atoms with Crippen LogP contribution in [0.2, 0.25) is 5.02 Å². The Morgan fingerprint density at radius 3 is 2.76 bits per heavy atom. The van der Waals surface area contributed by atoms with Gasteiger partial charge in [0.15, 0.2) is 0 Å². The Balaban J connectivity index is 2.12. The topological polar surface area (TPSA) is 39.1 Å². The van der Waals surface area contributed by atoms with Crippen LogP contribution < -0.4 is 5.32 Å². The van der Waals surface area contributed by atoms with Crippen molar-refractivity contribution in [3.8, 4) is 6.07 Å². The SMILES string of the molecule is N#CCc1ccc(Cl)cc1CN1CCNCC1. The highest BCUT2D eigenvalue weighted by Crippen LogP contribution is 2.18. The van der Waals surface area contributed by atoms with Gasteiger partial charge in [-0.15, -0.1) is 0 Å². The summed E-state index contributed by atoms with van der Waals surface area (Å²) >= 11 is 6.02. The highest BCUT2D eigenvalue weighted by Gasteiger charge is 2.12. The molecule has 0 atom stereocenters. The third-order valence-corrected chi connectivity index (χ3v) is 3.28. The summed E-state index contributed by atoms with van der Waals surface area (Å²) in [4.78, 5) is 2.39. The molecule has 0 unspecified atom stereocenters. The molecule has 0 saturated carbocycles. The smallest absolute Gasteiger partial charge is 0.0669 e. The molecule has 17 heavy (non-hydrogen) atoms. The van der Waals surface area contributed by atoms with Gasteiger partial charge in [-0.2, -0.15) is 5.26 Å². The fourth-order valence-electron chi connectivity index (χ4n) is 2.11. The van der Waals surface area contributed by atoms with E-state index >= 15 is 0 Å². The van der Waals surface area contributed by atoms with Crippen LogP contribution in [0, 0.1) is 11.3 Å². The van der Waals surface area contributed by atoms with E-state index in [9.17, 15) is 0 Å². The standard InChI is InChI=1S/C13H16ClN3/c14-13-2-1-11(3-4-15)12(9-13)10-17-7-5-16-6-8-17/h1-2,9,16H,3,5-8,10H2. The summed E-state index contributed by atoms with van der Waals surface area (Å²) in [5, 5.41) is 12.9. The second-order valence-corrected chi connectivity index (χ2v) is 4.71. The van der Waals surface area contributed by atoms with Crippen LogP contribution in [0.5, 0.6) is 0 Å². The van der Waals surface area contributed by atoms with E-state index in [1.807, 2.05) is 18.2 Å². The van der Waals surface area contributed by atoms with Gasteiger partial charge in [-0.1, -0.05) is 17.7 Å². The molecule has 90 valence electrons. The lowest BCUT2D eigenvalue weighted by Crippen LogP contribution is -2.43. The Kier molecular flexibility index (Phi) is 4.38. The molecular formula is C13H16ClN3. The molecule has 1 N–H and O–H groups in total. The summed E-state index contributed by atoms with van der Waals surface area (Å²) < 4.78 is 0. The van der Waals surface area contributed by atoms with Crippen molar-refractivity contribution in [1.82, 2.24) is 10.2 Å². The third-order valence-electron chi connectivity index (χ3n) is 3.04. The van der Waals surface area contributed by atoms with Gasteiger partial charge >= 0.3 is 0 Å². The normalized spacial score (nSPS) is 16.7. The summed E-state index contributed by atoms with van der Waals surface area (Å²) in [6.45, 7) is 5.07. The first-order valence-corrected chi connectivity index (χ1v) is 6.25. The second kappa shape index (κ2) is 6.02. The van der Waals surface area contributed by atoms with E-state index in [4.69, 9.17) is 16.9 Å². The van der Waals surface area contributed by atoms with Crippen LogP contribution in [0.25, 0.3) is 0 Å². The molecule has 4 heteroatoms. The van der Waals surface area contributed by atoms with Gasteiger partial charge in [0.1, 0.15) is 0 Å². The van der Waals surface area contributed by atoms with Gasteiger partial charge in [0.2, 0.25) is 0 Å². The Bertz CT molecular complexity index is 419. The first kappa shape index (κ1) is 12.4. The highest BCUT2D eigenvalue weighted by atomic mass is 35.5. The average molecular weight is 250 g/mol. The van der Waals surface area contributed by atoms with Crippen molar-refractivity contribution in [2.45, 2.75) is 13.0 Å². The molecule has 1 fully saturated rings. The van der Waals surface area contributed by atoms with Crippen LogP contribution in [-0.4, -0.2) is 31.1 Å². The van der Waals surface area contributed by atoms with Crippen molar-refractivity contribution in [3.63, 3.8) is 0 Å². The number of piperazine rings is 1. The maximum Gasteiger partial charge on any atom is 0.0669 e. The Hall–Kier alpha value is -1.08. The monoisotopic (exact) mass is 249 g/mol. The molecule has 1 saturated heterocycles. The molecule has 0 aliphatic carbocycles. The number of nitrogens with zero attached hydrogens (tertiary/aromatic N) is 2. The fourth-order valence-corrected chi connectivity index (χ4v) is 2.30. The number of benzene rings is 1. The largest absolute Gasteiger partial charge is 0.314 e. The van der Waals surface area contributed by atoms with Crippen LogP contribution in [0.15, 0.2) is 18.2 Å². The number of hydrogen-bond acceptors (Lipinski definition) is 3. The molecule has 0 amide bonds. The van der Waals surface area contributed by atoms with Gasteiger partial charge in [0.25, 0.3) is 0 Å². The van der Waals surface area contributed by atoms with Crippen LogP contribution in [0.1, 0.15) is 11.1 Å². The van der Waals surface area contributed by atoms with Crippen molar-refractivity contribution in [2.75, 3.05) is 26.2 Å². The van der Waals surface area contributed by atoms with Crippen LogP contribution in [0.3, 0.4) is 0 Å². The first-order valence-electron chi connectivity index (χ1n) is 5.87. The number of nitriles is 1. The van der Waals surface area contributed by atoms with E-state index in [-0.39, 0.29) is 0 Å². The summed E-state index contributed by atoms with van der Waals surface area (Å²) in [5.74, 6) is 0. The molecule has 0 radical (unpaired) electrons. The Morgan fingerprint density at radius 2 is 2.06 bits per heavy atom. The Morgan fingerprint density at radius 1 is 1.29 bits per heavy atom. The zero-order valence-electron chi connectivity index (χ0n) is 9.75. The van der Waals surface area contributed by atoms with Crippen molar-refractivity contribution in [3.05, 3.63) is 34.3 Å². The molecule has 0 bridgehead atoms. The van der Waals surface area contributed by atoms with Gasteiger partial charge in [-0.3, -0.25) is 4.90 Å². The van der Waals surface area contributed by atoms with Crippen LogP contribution >= 0.6 is 11.6 Å². The molecule has 1 aliphatic heterocycles. The molecule has 1 aromatic carbocycles. The van der Waals surface area contributed by atoms with Crippen molar-refractivity contribution < 1.29 is 0 Å². The number of halogens is 1. The molecule has 0 spiro atoms. The van der Waals surface area contributed by atoms with Crippen molar-refractivity contribution in [1.29, 1.82) is 5.26 Å². The second-order valence-electron chi connectivity index (χ2n) is 4.27. The number of hydrogen-bond donors (Lipinski definition) is 1. The van der Waals surface area contributed by atoms with Gasteiger partial charge < -0.3 is 5.32 Å². The third kappa shape index (κ3) is 3.44. The minimum absolute atomic E-state index is 0.457. The lowest BCUT2D eigenvalue weighted by atomic mass is 10.0. The van der Waals surface area contributed by atoms with E-state index in [2.05, 4.69) is 16.3 Å². The van der Waals surface area contributed by atoms with E-state index < -0.39 is 0 Å². The van der Waals surface area contributed by atoms with Crippen LogP contribution in [0.4, 0.5) is 0 Å². The van der Waals surface area contributed by atoms with E-state index in [1.54, 1.807) is 0 Å². The van der Waals surface area contributed by atoms with E-state index in [1.165, 1.54) is 5.56 Å². The predicted octanol–water partition coefficient (Wildman–Crippen LogP) is 1.81. The maximum absolute atomic E-state index is 8.81. The maximum atomic E-state index is 8.81. The van der Waals surface area contributed by atoms with Gasteiger partial charge in [-0.05, 0) is 23.3 Å². The van der Waals surface area contributed by atoms with Gasteiger partial charge in [-0.25, -0.2) is 0 Å². The van der Waals surface area contributed by atoms with E-state index in [0.29, 0.717) is 6.42 Å².